The molecule has 0 radical (unpaired) electrons. The first kappa shape index (κ1) is 29.6. The summed E-state index contributed by atoms with van der Waals surface area (Å²) in [6, 6.07) is 12.9. The Morgan fingerprint density at radius 1 is 0.854 bits per heavy atom. The van der Waals surface area contributed by atoms with E-state index in [0.717, 1.165) is 22.4 Å². The molecule has 3 atom stereocenters. The van der Waals surface area contributed by atoms with Crippen LogP contribution in [0, 0.1) is 11.8 Å². The van der Waals surface area contributed by atoms with Crippen molar-refractivity contribution >= 4 is 35.2 Å². The lowest BCUT2D eigenvalue weighted by molar-refractivity contribution is -0.134. The van der Waals surface area contributed by atoms with Gasteiger partial charge in [-0.1, -0.05) is 11.8 Å². The van der Waals surface area contributed by atoms with Crippen LogP contribution in [0.5, 0.6) is 0 Å². The van der Waals surface area contributed by atoms with Crippen molar-refractivity contribution in [1.29, 1.82) is 0 Å². The Bertz CT molecular complexity index is 1350. The zero-order valence-corrected chi connectivity index (χ0v) is 23.8. The maximum atomic E-state index is 12.9. The number of rotatable bonds is 5. The van der Waals surface area contributed by atoms with Crippen LogP contribution in [0.4, 0.5) is 16.2 Å². The second-order valence-corrected chi connectivity index (χ2v) is 11.3. The van der Waals surface area contributed by atoms with E-state index >= 15 is 0 Å². The van der Waals surface area contributed by atoms with Crippen LogP contribution in [0.15, 0.2) is 48.5 Å². The molecule has 0 unspecified atom stereocenters. The first-order valence-electron chi connectivity index (χ1n) is 13.7. The van der Waals surface area contributed by atoms with Crippen molar-refractivity contribution < 1.29 is 29.0 Å². The van der Waals surface area contributed by atoms with E-state index in [2.05, 4.69) is 22.5 Å². The Hall–Kier alpha value is -4.36. The van der Waals surface area contributed by atoms with Crippen LogP contribution in [0.3, 0.4) is 0 Å². The van der Waals surface area contributed by atoms with Crippen LogP contribution < -0.4 is 10.6 Å². The molecule has 10 nitrogen and oxygen atoms in total. The molecule has 0 saturated carbocycles. The van der Waals surface area contributed by atoms with E-state index in [0.29, 0.717) is 30.8 Å². The topological polar surface area (TPSA) is 128 Å². The molecule has 2 aromatic rings. The highest BCUT2D eigenvalue weighted by molar-refractivity contribution is 5.98. The summed E-state index contributed by atoms with van der Waals surface area (Å²) in [6.07, 6.45) is 0.260. The maximum Gasteiger partial charge on any atom is 0.408 e. The Balaban J connectivity index is 1.32. The van der Waals surface area contributed by atoms with Gasteiger partial charge in [0, 0.05) is 42.4 Å². The minimum absolute atomic E-state index is 0.0952. The maximum absolute atomic E-state index is 12.9. The number of anilines is 2. The highest BCUT2D eigenvalue weighted by Gasteiger charge is 2.41. The van der Waals surface area contributed by atoms with Crippen molar-refractivity contribution in [3.8, 4) is 11.8 Å². The van der Waals surface area contributed by atoms with Gasteiger partial charge >= 0.3 is 6.09 Å². The summed E-state index contributed by atoms with van der Waals surface area (Å²) in [7, 11) is 0. The van der Waals surface area contributed by atoms with E-state index in [4.69, 9.17) is 4.74 Å². The molecule has 2 saturated heterocycles. The third kappa shape index (κ3) is 7.86. The van der Waals surface area contributed by atoms with Gasteiger partial charge in [0.25, 0.3) is 0 Å². The summed E-state index contributed by atoms with van der Waals surface area (Å²) < 4.78 is 5.91. The summed E-state index contributed by atoms with van der Waals surface area (Å²) >= 11 is 0. The van der Waals surface area contributed by atoms with Crippen LogP contribution >= 0.6 is 0 Å². The van der Waals surface area contributed by atoms with Gasteiger partial charge < -0.3 is 25.4 Å². The molecule has 0 aromatic heterocycles. The fourth-order valence-electron chi connectivity index (χ4n) is 5.13. The van der Waals surface area contributed by atoms with Gasteiger partial charge in [-0.3, -0.25) is 19.3 Å². The molecule has 0 aliphatic carbocycles. The van der Waals surface area contributed by atoms with E-state index < -0.39 is 29.7 Å². The minimum atomic E-state index is -1.15. The van der Waals surface area contributed by atoms with Crippen molar-refractivity contribution in [3.05, 3.63) is 59.7 Å². The third-order valence-electron chi connectivity index (χ3n) is 6.95. The first-order valence-corrected chi connectivity index (χ1v) is 13.7. The molecule has 4 rings (SSSR count). The predicted molar refractivity (Wildman–Crippen MR) is 154 cm³/mol. The number of benzene rings is 2. The van der Waals surface area contributed by atoms with Gasteiger partial charge in [-0.05, 0) is 82.1 Å². The lowest BCUT2D eigenvalue weighted by Gasteiger charge is -2.24. The number of nitrogens with zero attached hydrogens (tertiary/aromatic N) is 2. The van der Waals surface area contributed by atoms with Crippen LogP contribution in [-0.4, -0.2) is 75.6 Å². The lowest BCUT2D eigenvalue weighted by atomic mass is 10.1. The predicted octanol–water partition coefficient (Wildman–Crippen LogP) is 3.91. The zero-order valence-electron chi connectivity index (χ0n) is 23.8. The number of amides is 4. The molecule has 0 spiro atoms. The molecular weight excluding hydrogens is 524 g/mol. The molecule has 216 valence electrons. The standard InChI is InChI=1S/C31H36N4O6/c1-20(36)34-17-5-6-26(34)28(37)32-23-13-9-21(10-14-23)7-8-22-11-15-24(16-12-22)33-29(38)27-18-25(41-31(2,3)4)19-35(27)30(39)40/h9-16,25-27H,5-6,17-19H2,1-4H3,(H,32,37)(H,33,38)(H,39,40)/t25-,26+,27+/m1/s1. The number of hydrogen-bond acceptors (Lipinski definition) is 5. The molecule has 4 amide bonds. The monoisotopic (exact) mass is 560 g/mol. The summed E-state index contributed by atoms with van der Waals surface area (Å²) in [4.78, 5) is 51.7. The summed E-state index contributed by atoms with van der Waals surface area (Å²) in [5, 5.41) is 15.2. The Morgan fingerprint density at radius 2 is 1.37 bits per heavy atom. The van der Waals surface area contributed by atoms with Gasteiger partial charge in [0.1, 0.15) is 12.1 Å². The quantitative estimate of drug-likeness (QED) is 0.476. The van der Waals surface area contributed by atoms with Crippen LogP contribution in [0.1, 0.15) is 58.1 Å². The molecule has 0 bridgehead atoms. The van der Waals surface area contributed by atoms with Crippen LogP contribution in [-0.2, 0) is 19.1 Å². The average molecular weight is 561 g/mol. The number of likely N-dealkylation sites (tertiary alicyclic amines) is 2. The average Bonchev–Trinajstić information content (AvgIpc) is 3.56. The van der Waals surface area contributed by atoms with Crippen molar-refractivity contribution in [3.63, 3.8) is 0 Å². The van der Waals surface area contributed by atoms with Gasteiger partial charge in [-0.25, -0.2) is 4.79 Å². The van der Waals surface area contributed by atoms with Crippen LogP contribution in [0.25, 0.3) is 0 Å². The number of hydrogen-bond donors (Lipinski definition) is 3. The number of carbonyl (C=O) groups is 4. The van der Waals surface area contributed by atoms with E-state index in [1.807, 2.05) is 20.8 Å². The van der Waals surface area contributed by atoms with Crippen molar-refractivity contribution in [1.82, 2.24) is 9.80 Å². The molecule has 10 heteroatoms. The Morgan fingerprint density at radius 3 is 1.83 bits per heavy atom. The molecule has 2 heterocycles. The molecule has 2 aliphatic heterocycles. The number of carboxylic acid groups (broad SMARTS) is 1. The number of ether oxygens (including phenoxy) is 1. The molecular formula is C31H36N4O6. The fourth-order valence-corrected chi connectivity index (χ4v) is 5.13. The van der Waals surface area contributed by atoms with E-state index in [1.165, 1.54) is 6.92 Å². The smallest absolute Gasteiger partial charge is 0.408 e. The third-order valence-corrected chi connectivity index (χ3v) is 6.95. The van der Waals surface area contributed by atoms with Crippen molar-refractivity contribution in [2.45, 2.75) is 70.7 Å². The van der Waals surface area contributed by atoms with Gasteiger partial charge in [0.2, 0.25) is 17.7 Å². The summed E-state index contributed by atoms with van der Waals surface area (Å²) in [5.41, 5.74) is 2.22. The zero-order chi connectivity index (χ0) is 29.7. The van der Waals surface area contributed by atoms with Gasteiger partial charge in [-0.15, -0.1) is 0 Å². The highest BCUT2D eigenvalue weighted by Crippen LogP contribution is 2.26. The van der Waals surface area contributed by atoms with Gasteiger partial charge in [0.05, 0.1) is 18.2 Å². The molecule has 41 heavy (non-hydrogen) atoms. The van der Waals surface area contributed by atoms with E-state index in [-0.39, 0.29) is 24.5 Å². The summed E-state index contributed by atoms with van der Waals surface area (Å²) in [5.74, 6) is 5.46. The minimum Gasteiger partial charge on any atom is -0.465 e. The lowest BCUT2D eigenvalue weighted by Crippen LogP contribution is -2.42. The van der Waals surface area contributed by atoms with Crippen LogP contribution in [0.2, 0.25) is 0 Å². The Labute approximate surface area is 240 Å². The van der Waals surface area contributed by atoms with Gasteiger partial charge in [-0.2, -0.15) is 0 Å². The van der Waals surface area contributed by atoms with Crippen molar-refractivity contribution in [2.24, 2.45) is 0 Å². The van der Waals surface area contributed by atoms with Crippen molar-refractivity contribution in [2.75, 3.05) is 23.7 Å². The number of carbonyl (C=O) groups excluding carboxylic acids is 3. The fraction of sp³-hybridized carbons (Fsp3) is 0.419. The normalized spacial score (nSPS) is 20.2. The second kappa shape index (κ2) is 12.4. The van der Waals surface area contributed by atoms with E-state index in [1.54, 1.807) is 53.4 Å². The highest BCUT2D eigenvalue weighted by atomic mass is 16.5. The largest absolute Gasteiger partial charge is 0.465 e. The first-order chi connectivity index (χ1) is 19.4. The molecule has 3 N–H and O–H groups in total. The Kier molecular flexibility index (Phi) is 8.98. The van der Waals surface area contributed by atoms with Gasteiger partial charge in [0.15, 0.2) is 0 Å². The van der Waals surface area contributed by atoms with E-state index in [9.17, 15) is 24.3 Å². The molecule has 2 aromatic carbocycles. The second-order valence-electron chi connectivity index (χ2n) is 11.3. The number of nitrogens with one attached hydrogen (secondary N) is 2. The molecule has 2 aliphatic rings. The molecule has 2 fully saturated rings. The SMILES string of the molecule is CC(=O)N1CCC[C@H]1C(=O)Nc1ccc(C#Cc2ccc(NC(=O)[C@@H]3C[C@@H](OC(C)(C)C)CN3C(=O)O)cc2)cc1. The summed E-state index contributed by atoms with van der Waals surface area (Å²) in [6.45, 7) is 7.91.